The molecule has 0 saturated carbocycles. The molecule has 0 saturated heterocycles. The summed E-state index contributed by atoms with van der Waals surface area (Å²) >= 11 is 0. The van der Waals surface area contributed by atoms with Crippen molar-refractivity contribution in [2.45, 2.75) is 6.42 Å². The minimum Gasteiger partial charge on any atom is -0.351 e. The lowest BCUT2D eigenvalue weighted by Gasteiger charge is -2.05. The van der Waals surface area contributed by atoms with E-state index in [-0.39, 0.29) is 5.91 Å². The lowest BCUT2D eigenvalue weighted by atomic mass is 10.1. The molecule has 17 heavy (non-hydrogen) atoms. The molecule has 0 aliphatic rings. The third-order valence-corrected chi connectivity index (χ3v) is 3.10. The van der Waals surface area contributed by atoms with Crippen LogP contribution in [0.5, 0.6) is 0 Å². The maximum atomic E-state index is 11.7. The van der Waals surface area contributed by atoms with Crippen LogP contribution in [0.4, 0.5) is 0 Å². The van der Waals surface area contributed by atoms with Crippen molar-refractivity contribution in [3.8, 4) is 0 Å². The Bertz CT molecular complexity index is 390. The fourth-order valence-corrected chi connectivity index (χ4v) is 1.79. The van der Waals surface area contributed by atoms with Crippen molar-refractivity contribution in [3.63, 3.8) is 0 Å². The van der Waals surface area contributed by atoms with Gasteiger partial charge in [0.2, 0.25) is 0 Å². The van der Waals surface area contributed by atoms with E-state index in [4.69, 9.17) is 5.73 Å². The molecular weight excluding hydrogens is 236 g/mol. The molecule has 94 valence electrons. The van der Waals surface area contributed by atoms with E-state index in [0.717, 1.165) is 12.0 Å². The van der Waals surface area contributed by atoms with Gasteiger partial charge in [0.15, 0.2) is 0 Å². The maximum absolute atomic E-state index is 11.7. The van der Waals surface area contributed by atoms with E-state index >= 15 is 0 Å². The molecular formula is C12H18N2O2S. The van der Waals surface area contributed by atoms with Crippen molar-refractivity contribution in [1.29, 1.82) is 0 Å². The predicted octanol–water partition coefficient (Wildman–Crippen LogP) is 0.296. The van der Waals surface area contributed by atoms with E-state index in [9.17, 15) is 9.00 Å². The summed E-state index contributed by atoms with van der Waals surface area (Å²) in [5.41, 5.74) is 7.19. The molecule has 0 aliphatic carbocycles. The monoisotopic (exact) mass is 254 g/mol. The zero-order valence-electron chi connectivity index (χ0n) is 9.94. The molecule has 0 radical (unpaired) electrons. The second-order valence-corrected chi connectivity index (χ2v) is 5.32. The molecule has 0 spiro atoms. The summed E-state index contributed by atoms with van der Waals surface area (Å²) in [5, 5.41) is 2.73. The van der Waals surface area contributed by atoms with Gasteiger partial charge in [-0.25, -0.2) is 0 Å². The van der Waals surface area contributed by atoms with Crippen LogP contribution in [-0.4, -0.2) is 35.2 Å². The smallest absolute Gasteiger partial charge is 0.251 e. The van der Waals surface area contributed by atoms with Crippen molar-refractivity contribution in [2.75, 3.05) is 25.1 Å². The number of nitrogens with two attached hydrogens (primary N) is 1. The van der Waals surface area contributed by atoms with Gasteiger partial charge in [0, 0.05) is 34.9 Å². The Morgan fingerprint density at radius 3 is 2.53 bits per heavy atom. The number of carbonyl (C=O) groups excluding carboxylic acids is 1. The molecule has 1 aromatic carbocycles. The van der Waals surface area contributed by atoms with Gasteiger partial charge in [0.25, 0.3) is 5.91 Å². The van der Waals surface area contributed by atoms with Crippen LogP contribution < -0.4 is 11.1 Å². The van der Waals surface area contributed by atoms with Gasteiger partial charge < -0.3 is 11.1 Å². The van der Waals surface area contributed by atoms with Crippen LogP contribution >= 0.6 is 0 Å². The molecule has 0 fully saturated rings. The summed E-state index contributed by atoms with van der Waals surface area (Å²) in [6, 6.07) is 7.37. The van der Waals surface area contributed by atoms with Crippen molar-refractivity contribution < 1.29 is 9.00 Å². The molecule has 3 N–H and O–H groups in total. The highest BCUT2D eigenvalue weighted by Crippen LogP contribution is 2.04. The molecule has 1 unspecified atom stereocenters. The SMILES string of the molecule is CS(=O)CCNC(=O)c1ccc(CCN)cc1. The van der Waals surface area contributed by atoms with Crippen LogP contribution in [0.25, 0.3) is 0 Å². The summed E-state index contributed by atoms with van der Waals surface area (Å²) in [5.74, 6) is 0.353. The standard InChI is InChI=1S/C12H18N2O2S/c1-17(16)9-8-14-12(15)11-4-2-10(3-5-11)6-7-13/h2-5H,6-9,13H2,1H3,(H,14,15). The fraction of sp³-hybridized carbons (Fsp3) is 0.417. The van der Waals surface area contributed by atoms with Crippen LogP contribution in [0.15, 0.2) is 24.3 Å². The molecule has 0 bridgehead atoms. The van der Waals surface area contributed by atoms with Crippen LogP contribution in [0.1, 0.15) is 15.9 Å². The maximum Gasteiger partial charge on any atom is 0.251 e. The summed E-state index contributed by atoms with van der Waals surface area (Å²) in [4.78, 5) is 11.7. The van der Waals surface area contributed by atoms with Crippen molar-refractivity contribution in [1.82, 2.24) is 5.32 Å². The molecule has 0 aromatic heterocycles. The Hall–Kier alpha value is -1.20. The highest BCUT2D eigenvalue weighted by Gasteiger charge is 2.04. The minimum atomic E-state index is -0.873. The van der Waals surface area contributed by atoms with Crippen LogP contribution in [0.3, 0.4) is 0 Å². The van der Waals surface area contributed by atoms with E-state index in [2.05, 4.69) is 5.32 Å². The Morgan fingerprint density at radius 1 is 1.35 bits per heavy atom. The molecule has 0 heterocycles. The topological polar surface area (TPSA) is 72.2 Å². The van der Waals surface area contributed by atoms with E-state index in [1.54, 1.807) is 18.4 Å². The molecule has 1 atom stereocenters. The first kappa shape index (κ1) is 13.9. The average molecular weight is 254 g/mol. The molecule has 1 rings (SSSR count). The predicted molar refractivity (Wildman–Crippen MR) is 70.5 cm³/mol. The first-order valence-electron chi connectivity index (χ1n) is 5.50. The zero-order chi connectivity index (χ0) is 12.7. The minimum absolute atomic E-state index is 0.130. The van der Waals surface area contributed by atoms with E-state index < -0.39 is 10.8 Å². The number of amides is 1. The normalized spacial score (nSPS) is 12.1. The van der Waals surface area contributed by atoms with Crippen molar-refractivity contribution >= 4 is 16.7 Å². The van der Waals surface area contributed by atoms with Gasteiger partial charge in [-0.1, -0.05) is 12.1 Å². The fourth-order valence-electron chi connectivity index (χ4n) is 1.40. The largest absolute Gasteiger partial charge is 0.351 e. The van der Waals surface area contributed by atoms with E-state index in [1.807, 2.05) is 12.1 Å². The lowest BCUT2D eigenvalue weighted by molar-refractivity contribution is 0.0956. The average Bonchev–Trinajstić information content (AvgIpc) is 2.30. The number of hydrogen-bond acceptors (Lipinski definition) is 3. The molecule has 4 nitrogen and oxygen atoms in total. The summed E-state index contributed by atoms with van der Waals surface area (Å²) in [7, 11) is -0.873. The molecule has 5 heteroatoms. The van der Waals surface area contributed by atoms with Crippen LogP contribution in [-0.2, 0) is 17.2 Å². The quantitative estimate of drug-likeness (QED) is 0.766. The highest BCUT2D eigenvalue weighted by atomic mass is 32.2. The third-order valence-electron chi connectivity index (χ3n) is 2.32. The van der Waals surface area contributed by atoms with E-state index in [1.165, 1.54) is 0 Å². The number of nitrogens with one attached hydrogen (secondary N) is 1. The third kappa shape index (κ3) is 5.10. The lowest BCUT2D eigenvalue weighted by Crippen LogP contribution is -2.27. The van der Waals surface area contributed by atoms with Crippen LogP contribution in [0, 0.1) is 0 Å². The second kappa shape index (κ2) is 7.19. The van der Waals surface area contributed by atoms with Crippen molar-refractivity contribution in [2.24, 2.45) is 5.73 Å². The Labute approximate surface area is 104 Å². The van der Waals surface area contributed by atoms with Gasteiger partial charge in [0.05, 0.1) is 0 Å². The van der Waals surface area contributed by atoms with Crippen molar-refractivity contribution in [3.05, 3.63) is 35.4 Å². The summed E-state index contributed by atoms with van der Waals surface area (Å²) < 4.78 is 10.8. The summed E-state index contributed by atoms with van der Waals surface area (Å²) in [6.07, 6.45) is 2.44. The Balaban J connectivity index is 2.48. The molecule has 0 aliphatic heterocycles. The number of benzene rings is 1. The Morgan fingerprint density at radius 2 is 2.00 bits per heavy atom. The first-order valence-corrected chi connectivity index (χ1v) is 7.23. The number of hydrogen-bond donors (Lipinski definition) is 2. The molecule has 1 aromatic rings. The number of rotatable bonds is 6. The van der Waals surface area contributed by atoms with Gasteiger partial charge in [-0.2, -0.15) is 0 Å². The zero-order valence-corrected chi connectivity index (χ0v) is 10.8. The number of carbonyl (C=O) groups is 1. The van der Waals surface area contributed by atoms with Gasteiger partial charge >= 0.3 is 0 Å². The van der Waals surface area contributed by atoms with Crippen LogP contribution in [0.2, 0.25) is 0 Å². The second-order valence-electron chi connectivity index (χ2n) is 3.77. The first-order chi connectivity index (χ1) is 8.13. The molecule has 1 amide bonds. The Kier molecular flexibility index (Phi) is 5.86. The van der Waals surface area contributed by atoms with Gasteiger partial charge in [-0.15, -0.1) is 0 Å². The summed E-state index contributed by atoms with van der Waals surface area (Å²) in [6.45, 7) is 1.04. The van der Waals surface area contributed by atoms with Gasteiger partial charge in [-0.3, -0.25) is 9.00 Å². The van der Waals surface area contributed by atoms with E-state index in [0.29, 0.717) is 24.4 Å². The van der Waals surface area contributed by atoms with Gasteiger partial charge in [-0.05, 0) is 30.7 Å². The van der Waals surface area contributed by atoms with Gasteiger partial charge in [0.1, 0.15) is 0 Å². The highest BCUT2D eigenvalue weighted by molar-refractivity contribution is 7.84.